The molecule has 4 rings (SSSR count). The molecule has 124 valence electrons. The van der Waals surface area contributed by atoms with E-state index in [9.17, 15) is 5.26 Å². The van der Waals surface area contributed by atoms with Crippen LogP contribution in [0.5, 0.6) is 0 Å². The molecule has 0 N–H and O–H groups in total. The Morgan fingerprint density at radius 1 is 1.32 bits per heavy atom. The zero-order chi connectivity index (χ0) is 17.2. The Labute approximate surface area is 158 Å². The number of allylic oxidation sites excluding steroid dienone is 1. The molecule has 5 nitrogen and oxygen atoms in total. The van der Waals surface area contributed by atoms with Gasteiger partial charge in [-0.1, -0.05) is 17.7 Å². The quantitative estimate of drug-likeness (QED) is 0.617. The summed E-state index contributed by atoms with van der Waals surface area (Å²) in [5.74, 6) is 0.876. The zero-order valence-corrected chi connectivity index (χ0v) is 15.3. The number of hydrogen-bond donors (Lipinski definition) is 0. The number of nitrogens with zero attached hydrogens (tertiary/aromatic N) is 5. The Hall–Kier alpha value is -2.14. The predicted octanol–water partition coefficient (Wildman–Crippen LogP) is 4.59. The lowest BCUT2D eigenvalue weighted by Crippen LogP contribution is -1.98. The SMILES string of the molecule is N#C/C(=C1/SCC(c2ccc(-n3cccn3)cc2Cl)S1)n1ccnc1. The van der Waals surface area contributed by atoms with Gasteiger partial charge in [0.25, 0.3) is 0 Å². The minimum absolute atomic E-state index is 0.214. The molecule has 1 aromatic carbocycles. The van der Waals surface area contributed by atoms with Crippen molar-refractivity contribution in [2.24, 2.45) is 0 Å². The Bertz CT molecular complexity index is 958. The van der Waals surface area contributed by atoms with E-state index in [1.165, 1.54) is 0 Å². The van der Waals surface area contributed by atoms with Gasteiger partial charge in [-0.2, -0.15) is 10.4 Å². The van der Waals surface area contributed by atoms with Crippen molar-refractivity contribution in [2.45, 2.75) is 5.25 Å². The van der Waals surface area contributed by atoms with Crippen molar-refractivity contribution in [1.82, 2.24) is 19.3 Å². The normalized spacial score (nSPS) is 19.0. The van der Waals surface area contributed by atoms with Crippen LogP contribution in [0.2, 0.25) is 5.02 Å². The molecular formula is C17H12ClN5S2. The van der Waals surface area contributed by atoms with E-state index in [0.29, 0.717) is 10.7 Å². The first-order valence-corrected chi connectivity index (χ1v) is 9.72. The van der Waals surface area contributed by atoms with Crippen molar-refractivity contribution in [3.8, 4) is 11.8 Å². The molecule has 0 aliphatic carbocycles. The number of halogens is 1. The lowest BCUT2D eigenvalue weighted by Gasteiger charge is -2.12. The van der Waals surface area contributed by atoms with Gasteiger partial charge in [0.15, 0.2) is 0 Å². The van der Waals surface area contributed by atoms with Crippen LogP contribution in [0, 0.1) is 11.3 Å². The highest BCUT2D eigenvalue weighted by molar-refractivity contribution is 8.25. The molecule has 1 atom stereocenters. The highest BCUT2D eigenvalue weighted by Crippen LogP contribution is 2.53. The molecule has 0 radical (unpaired) electrons. The number of hydrogen-bond acceptors (Lipinski definition) is 5. The number of imidazole rings is 1. The summed E-state index contributed by atoms with van der Waals surface area (Å²) in [5.41, 5.74) is 2.62. The minimum atomic E-state index is 0.214. The van der Waals surface area contributed by atoms with Gasteiger partial charge in [-0.15, -0.1) is 23.5 Å². The predicted molar refractivity (Wildman–Crippen MR) is 102 cm³/mol. The van der Waals surface area contributed by atoms with Gasteiger partial charge in [-0.3, -0.25) is 4.57 Å². The van der Waals surface area contributed by atoms with Crippen molar-refractivity contribution in [3.05, 3.63) is 70.2 Å². The third-order valence-electron chi connectivity index (χ3n) is 3.78. The first-order chi connectivity index (χ1) is 12.3. The third kappa shape index (κ3) is 3.21. The first kappa shape index (κ1) is 16.3. The lowest BCUT2D eigenvalue weighted by atomic mass is 10.1. The summed E-state index contributed by atoms with van der Waals surface area (Å²) in [6.07, 6.45) is 8.72. The Morgan fingerprint density at radius 2 is 2.24 bits per heavy atom. The van der Waals surface area contributed by atoms with Gasteiger partial charge in [0.05, 0.1) is 16.3 Å². The van der Waals surface area contributed by atoms with Crippen LogP contribution >= 0.6 is 35.1 Å². The van der Waals surface area contributed by atoms with Gasteiger partial charge < -0.3 is 0 Å². The van der Waals surface area contributed by atoms with E-state index in [2.05, 4.69) is 16.2 Å². The second kappa shape index (κ2) is 7.00. The molecule has 3 aromatic rings. The largest absolute Gasteiger partial charge is 0.296 e. The molecule has 0 bridgehead atoms. The molecule has 8 heteroatoms. The molecule has 1 aliphatic heterocycles. The topological polar surface area (TPSA) is 59.4 Å². The molecule has 0 spiro atoms. The summed E-state index contributed by atoms with van der Waals surface area (Å²) in [4.78, 5) is 4.02. The zero-order valence-electron chi connectivity index (χ0n) is 12.9. The van der Waals surface area contributed by atoms with E-state index in [1.807, 2.05) is 30.5 Å². The fraction of sp³-hybridized carbons (Fsp3) is 0.118. The summed E-state index contributed by atoms with van der Waals surface area (Å²) in [7, 11) is 0. The van der Waals surface area contributed by atoms with E-state index in [4.69, 9.17) is 11.6 Å². The van der Waals surface area contributed by atoms with Crippen molar-refractivity contribution in [3.63, 3.8) is 0 Å². The summed E-state index contributed by atoms with van der Waals surface area (Å²) < 4.78 is 4.53. The summed E-state index contributed by atoms with van der Waals surface area (Å²) >= 11 is 9.89. The van der Waals surface area contributed by atoms with Crippen LogP contribution in [0.1, 0.15) is 10.8 Å². The van der Waals surface area contributed by atoms with Crippen molar-refractivity contribution >= 4 is 40.8 Å². The fourth-order valence-corrected chi connectivity index (χ4v) is 5.86. The maximum absolute atomic E-state index is 9.49. The van der Waals surface area contributed by atoms with Gasteiger partial charge in [-0.25, -0.2) is 9.67 Å². The van der Waals surface area contributed by atoms with Crippen LogP contribution in [0.15, 0.2) is 59.6 Å². The molecule has 3 heterocycles. The molecule has 1 unspecified atom stereocenters. The Kier molecular flexibility index (Phi) is 4.57. The molecule has 0 saturated carbocycles. The third-order valence-corrected chi connectivity index (χ3v) is 7.03. The smallest absolute Gasteiger partial charge is 0.145 e. The Balaban J connectivity index is 1.61. The summed E-state index contributed by atoms with van der Waals surface area (Å²) in [6, 6.07) is 10.1. The Morgan fingerprint density at radius 3 is 2.92 bits per heavy atom. The number of benzene rings is 1. The van der Waals surface area contributed by atoms with Crippen LogP contribution < -0.4 is 0 Å². The first-order valence-electron chi connectivity index (χ1n) is 7.48. The molecule has 2 aromatic heterocycles. The highest BCUT2D eigenvalue weighted by atomic mass is 35.5. The number of rotatable bonds is 3. The van der Waals surface area contributed by atoms with Crippen LogP contribution in [0.4, 0.5) is 0 Å². The number of aromatic nitrogens is 4. The van der Waals surface area contributed by atoms with E-state index >= 15 is 0 Å². The van der Waals surface area contributed by atoms with Crippen LogP contribution in [-0.4, -0.2) is 25.1 Å². The average molecular weight is 386 g/mol. The number of thioether (sulfide) groups is 2. The maximum Gasteiger partial charge on any atom is 0.145 e. The maximum atomic E-state index is 9.49. The van der Waals surface area contributed by atoms with Gasteiger partial charge in [0, 0.05) is 40.8 Å². The van der Waals surface area contributed by atoms with Gasteiger partial charge in [0.1, 0.15) is 11.8 Å². The van der Waals surface area contributed by atoms with Crippen LogP contribution in [0.3, 0.4) is 0 Å². The van der Waals surface area contributed by atoms with E-state index < -0.39 is 0 Å². The second-order valence-electron chi connectivity index (χ2n) is 5.29. The molecule has 0 amide bonds. The molecule has 25 heavy (non-hydrogen) atoms. The van der Waals surface area contributed by atoms with Crippen LogP contribution in [0.25, 0.3) is 11.4 Å². The molecule has 1 aliphatic rings. The van der Waals surface area contributed by atoms with Gasteiger partial charge >= 0.3 is 0 Å². The monoisotopic (exact) mass is 385 g/mol. The van der Waals surface area contributed by atoms with E-state index in [-0.39, 0.29) is 5.25 Å². The molecular weight excluding hydrogens is 374 g/mol. The molecule has 1 fully saturated rings. The van der Waals surface area contributed by atoms with Crippen molar-refractivity contribution in [2.75, 3.05) is 5.75 Å². The summed E-state index contributed by atoms with van der Waals surface area (Å²) in [5, 5.41) is 14.6. The number of nitriles is 1. The minimum Gasteiger partial charge on any atom is -0.296 e. The second-order valence-corrected chi connectivity index (χ2v) is 8.20. The van der Waals surface area contributed by atoms with Gasteiger partial charge in [-0.05, 0) is 23.8 Å². The lowest BCUT2D eigenvalue weighted by molar-refractivity contribution is 0.879. The molecule has 1 saturated heterocycles. The van der Waals surface area contributed by atoms with Crippen molar-refractivity contribution in [1.29, 1.82) is 5.26 Å². The fourth-order valence-electron chi connectivity index (χ4n) is 2.57. The van der Waals surface area contributed by atoms with Crippen LogP contribution in [-0.2, 0) is 0 Å². The van der Waals surface area contributed by atoms with Gasteiger partial charge in [0.2, 0.25) is 0 Å². The van der Waals surface area contributed by atoms with E-state index in [1.54, 1.807) is 57.7 Å². The standard InChI is InChI=1S/C17H12ClN5S2/c18-14-8-12(23-6-1-4-21-23)2-3-13(14)16-10-24-17(25-16)15(9-19)22-7-5-20-11-22/h1-8,11,16H,10H2/b17-15+. The van der Waals surface area contributed by atoms with E-state index in [0.717, 1.165) is 21.2 Å². The highest BCUT2D eigenvalue weighted by Gasteiger charge is 2.27. The van der Waals surface area contributed by atoms with Crippen molar-refractivity contribution < 1.29 is 0 Å². The average Bonchev–Trinajstić information content (AvgIpc) is 3.38. The summed E-state index contributed by atoms with van der Waals surface area (Å²) in [6.45, 7) is 0.